The van der Waals surface area contributed by atoms with E-state index >= 15 is 0 Å². The van der Waals surface area contributed by atoms with Crippen LogP contribution >= 0.6 is 11.6 Å². The van der Waals surface area contributed by atoms with E-state index in [4.69, 9.17) is 16.3 Å². The SMILES string of the molecule is COc1cccc(Nc2nncc(NCCc3ccc(Cl)cc3)n2)c1. The van der Waals surface area contributed by atoms with Gasteiger partial charge in [-0.15, -0.1) is 5.10 Å². The Morgan fingerprint density at radius 3 is 2.76 bits per heavy atom. The summed E-state index contributed by atoms with van der Waals surface area (Å²) in [7, 11) is 1.63. The van der Waals surface area contributed by atoms with Gasteiger partial charge in [0.1, 0.15) is 5.75 Å². The molecule has 0 fully saturated rings. The fourth-order valence-electron chi connectivity index (χ4n) is 2.26. The van der Waals surface area contributed by atoms with Gasteiger partial charge in [-0.3, -0.25) is 0 Å². The molecule has 7 heteroatoms. The largest absolute Gasteiger partial charge is 0.497 e. The third kappa shape index (κ3) is 5.06. The molecule has 2 N–H and O–H groups in total. The average Bonchev–Trinajstić information content (AvgIpc) is 2.64. The standard InChI is InChI=1S/C18H18ClN5O/c1-25-16-4-2-3-15(11-16)22-18-23-17(12-21-24-18)20-10-9-13-5-7-14(19)8-6-13/h2-8,11-12H,9-10H2,1H3,(H2,20,22,23,24). The van der Waals surface area contributed by atoms with Crippen LogP contribution in [-0.4, -0.2) is 28.8 Å². The lowest BCUT2D eigenvalue weighted by molar-refractivity contribution is 0.415. The number of hydrogen-bond donors (Lipinski definition) is 2. The van der Waals surface area contributed by atoms with Gasteiger partial charge in [0.2, 0.25) is 5.95 Å². The summed E-state index contributed by atoms with van der Waals surface area (Å²) in [4.78, 5) is 4.41. The molecule has 0 saturated heterocycles. The second-order valence-corrected chi connectivity index (χ2v) is 5.76. The molecule has 3 rings (SSSR count). The molecule has 0 aliphatic carbocycles. The van der Waals surface area contributed by atoms with E-state index in [1.165, 1.54) is 5.56 Å². The van der Waals surface area contributed by atoms with Crippen molar-refractivity contribution in [3.63, 3.8) is 0 Å². The Bertz CT molecular complexity index is 826. The van der Waals surface area contributed by atoms with Crippen LogP contribution in [-0.2, 0) is 6.42 Å². The van der Waals surface area contributed by atoms with E-state index in [1.54, 1.807) is 13.3 Å². The van der Waals surface area contributed by atoms with Crippen LogP contribution in [0.3, 0.4) is 0 Å². The fraction of sp³-hybridized carbons (Fsp3) is 0.167. The van der Waals surface area contributed by atoms with E-state index in [9.17, 15) is 0 Å². The zero-order valence-electron chi connectivity index (χ0n) is 13.7. The van der Waals surface area contributed by atoms with Gasteiger partial charge in [0.05, 0.1) is 13.3 Å². The molecule has 0 unspecified atom stereocenters. The number of anilines is 3. The maximum absolute atomic E-state index is 5.89. The van der Waals surface area contributed by atoms with E-state index in [0.717, 1.165) is 29.4 Å². The summed E-state index contributed by atoms with van der Waals surface area (Å²) >= 11 is 5.89. The minimum Gasteiger partial charge on any atom is -0.497 e. The second kappa shape index (κ2) is 8.30. The Balaban J connectivity index is 1.58. The van der Waals surface area contributed by atoms with Crippen molar-refractivity contribution >= 4 is 29.1 Å². The lowest BCUT2D eigenvalue weighted by atomic mass is 10.1. The first-order valence-electron chi connectivity index (χ1n) is 7.82. The zero-order valence-corrected chi connectivity index (χ0v) is 14.5. The van der Waals surface area contributed by atoms with Crippen LogP contribution in [0.4, 0.5) is 17.5 Å². The normalized spacial score (nSPS) is 10.3. The number of methoxy groups -OCH3 is 1. The first kappa shape index (κ1) is 17.0. The first-order valence-corrected chi connectivity index (χ1v) is 8.20. The first-order chi connectivity index (χ1) is 12.2. The van der Waals surface area contributed by atoms with Crippen LogP contribution in [0.15, 0.2) is 54.7 Å². The lowest BCUT2D eigenvalue weighted by Crippen LogP contribution is -2.08. The Morgan fingerprint density at radius 1 is 1.12 bits per heavy atom. The van der Waals surface area contributed by atoms with E-state index in [1.807, 2.05) is 48.5 Å². The molecule has 0 spiro atoms. The van der Waals surface area contributed by atoms with E-state index in [2.05, 4.69) is 25.8 Å². The predicted molar refractivity (Wildman–Crippen MR) is 99.7 cm³/mol. The van der Waals surface area contributed by atoms with Gasteiger partial charge >= 0.3 is 0 Å². The van der Waals surface area contributed by atoms with Gasteiger partial charge in [0.15, 0.2) is 5.82 Å². The summed E-state index contributed by atoms with van der Waals surface area (Å²) in [6.45, 7) is 0.735. The predicted octanol–water partition coefficient (Wildman–Crippen LogP) is 3.93. The molecule has 0 aliphatic rings. The monoisotopic (exact) mass is 355 g/mol. The molecule has 3 aromatic rings. The molecule has 0 amide bonds. The third-order valence-electron chi connectivity index (χ3n) is 3.52. The fourth-order valence-corrected chi connectivity index (χ4v) is 2.38. The van der Waals surface area contributed by atoms with E-state index in [0.29, 0.717) is 11.8 Å². The highest BCUT2D eigenvalue weighted by Gasteiger charge is 2.02. The quantitative estimate of drug-likeness (QED) is 0.669. The smallest absolute Gasteiger partial charge is 0.249 e. The van der Waals surface area contributed by atoms with Crippen molar-refractivity contribution in [3.05, 3.63) is 65.3 Å². The van der Waals surface area contributed by atoms with Crippen molar-refractivity contribution in [3.8, 4) is 5.75 Å². The minimum atomic E-state index is 0.421. The lowest BCUT2D eigenvalue weighted by Gasteiger charge is -2.08. The molecule has 2 aromatic carbocycles. The number of nitrogens with zero attached hydrogens (tertiary/aromatic N) is 3. The Labute approximate surface area is 151 Å². The van der Waals surface area contributed by atoms with Crippen molar-refractivity contribution in [2.24, 2.45) is 0 Å². The van der Waals surface area contributed by atoms with Crippen molar-refractivity contribution in [1.82, 2.24) is 15.2 Å². The molecule has 1 heterocycles. The summed E-state index contributed by atoms with van der Waals surface area (Å²) in [5.74, 6) is 1.84. The minimum absolute atomic E-state index is 0.421. The van der Waals surface area contributed by atoms with Crippen LogP contribution in [0, 0.1) is 0 Å². The molecule has 1 aromatic heterocycles. The topological polar surface area (TPSA) is 72.0 Å². The number of ether oxygens (including phenoxy) is 1. The molecule has 0 saturated carbocycles. The molecule has 0 radical (unpaired) electrons. The van der Waals surface area contributed by atoms with Gasteiger partial charge in [0, 0.05) is 23.3 Å². The van der Waals surface area contributed by atoms with Crippen molar-refractivity contribution in [2.75, 3.05) is 24.3 Å². The van der Waals surface area contributed by atoms with Gasteiger partial charge in [-0.2, -0.15) is 10.1 Å². The molecular weight excluding hydrogens is 338 g/mol. The van der Waals surface area contributed by atoms with Crippen LogP contribution in [0.5, 0.6) is 5.75 Å². The van der Waals surface area contributed by atoms with Crippen LogP contribution in [0.1, 0.15) is 5.56 Å². The molecule has 0 bridgehead atoms. The van der Waals surface area contributed by atoms with Crippen LogP contribution in [0.2, 0.25) is 5.02 Å². The van der Waals surface area contributed by atoms with Crippen LogP contribution in [0.25, 0.3) is 0 Å². The molecule has 128 valence electrons. The number of halogens is 1. The number of rotatable bonds is 7. The number of benzene rings is 2. The average molecular weight is 356 g/mol. The molecule has 25 heavy (non-hydrogen) atoms. The summed E-state index contributed by atoms with van der Waals surface area (Å²) < 4.78 is 5.20. The highest BCUT2D eigenvalue weighted by atomic mass is 35.5. The van der Waals surface area contributed by atoms with Crippen molar-refractivity contribution in [1.29, 1.82) is 0 Å². The molecular formula is C18H18ClN5O. The molecule has 6 nitrogen and oxygen atoms in total. The number of nitrogens with one attached hydrogen (secondary N) is 2. The van der Waals surface area contributed by atoms with Gasteiger partial charge < -0.3 is 15.4 Å². The van der Waals surface area contributed by atoms with Gasteiger partial charge in [-0.05, 0) is 36.2 Å². The summed E-state index contributed by atoms with van der Waals surface area (Å²) in [6, 6.07) is 15.3. The van der Waals surface area contributed by atoms with E-state index in [-0.39, 0.29) is 0 Å². The maximum Gasteiger partial charge on any atom is 0.249 e. The van der Waals surface area contributed by atoms with Crippen molar-refractivity contribution in [2.45, 2.75) is 6.42 Å². The second-order valence-electron chi connectivity index (χ2n) is 5.33. The highest BCUT2D eigenvalue weighted by Crippen LogP contribution is 2.19. The number of aromatic nitrogens is 3. The van der Waals surface area contributed by atoms with Crippen molar-refractivity contribution < 1.29 is 4.74 Å². The van der Waals surface area contributed by atoms with Gasteiger partial charge in [-0.25, -0.2) is 0 Å². The summed E-state index contributed by atoms with van der Waals surface area (Å²) in [6.07, 6.45) is 2.46. The van der Waals surface area contributed by atoms with Gasteiger partial charge in [0.25, 0.3) is 0 Å². The zero-order chi connectivity index (χ0) is 17.5. The van der Waals surface area contributed by atoms with Gasteiger partial charge in [-0.1, -0.05) is 29.8 Å². The Kier molecular flexibility index (Phi) is 5.64. The van der Waals surface area contributed by atoms with Crippen LogP contribution < -0.4 is 15.4 Å². The molecule has 0 atom stereocenters. The number of hydrogen-bond acceptors (Lipinski definition) is 6. The summed E-state index contributed by atoms with van der Waals surface area (Å²) in [5, 5.41) is 15.1. The Morgan fingerprint density at radius 2 is 1.96 bits per heavy atom. The molecule has 0 aliphatic heterocycles. The maximum atomic E-state index is 5.89. The Hall–Kier alpha value is -2.86. The van der Waals surface area contributed by atoms with E-state index < -0.39 is 0 Å². The summed E-state index contributed by atoms with van der Waals surface area (Å²) in [5.41, 5.74) is 2.04. The third-order valence-corrected chi connectivity index (χ3v) is 3.77. The highest BCUT2D eigenvalue weighted by molar-refractivity contribution is 6.30.